The first-order chi connectivity index (χ1) is 12.9. The van der Waals surface area contributed by atoms with E-state index in [1.807, 2.05) is 55.4 Å². The largest absolute Gasteiger partial charge is 0.497 e. The molecule has 0 aromatic heterocycles. The van der Waals surface area contributed by atoms with Gasteiger partial charge < -0.3 is 19.6 Å². The molecule has 2 aromatic rings. The van der Waals surface area contributed by atoms with Gasteiger partial charge in [0.15, 0.2) is 0 Å². The highest BCUT2D eigenvalue weighted by atomic mass is 35.5. The van der Waals surface area contributed by atoms with Gasteiger partial charge in [-0.3, -0.25) is 4.79 Å². The van der Waals surface area contributed by atoms with Crippen molar-refractivity contribution in [2.24, 2.45) is 0 Å². The molecule has 0 saturated carbocycles. The number of hydrogen-bond donors (Lipinski definition) is 1. The van der Waals surface area contributed by atoms with Crippen LogP contribution in [-0.2, 0) is 4.79 Å². The van der Waals surface area contributed by atoms with Crippen LogP contribution in [0.25, 0.3) is 0 Å². The van der Waals surface area contributed by atoms with Crippen molar-refractivity contribution in [1.29, 1.82) is 0 Å². The smallest absolute Gasteiger partial charge is 0.257 e. The van der Waals surface area contributed by atoms with Crippen LogP contribution in [0.3, 0.4) is 0 Å². The van der Waals surface area contributed by atoms with Crippen molar-refractivity contribution in [1.82, 2.24) is 4.90 Å². The lowest BCUT2D eigenvalue weighted by molar-refractivity contribution is -0.126. The first-order valence-electron chi connectivity index (χ1n) is 8.65. The number of ether oxygens (including phenoxy) is 1. The molecule has 0 radical (unpaired) electrons. The third-order valence-electron chi connectivity index (χ3n) is 4.49. The fraction of sp³-hybridized carbons (Fsp3) is 0.350. The van der Waals surface area contributed by atoms with E-state index in [0.717, 1.165) is 21.9 Å². The minimum Gasteiger partial charge on any atom is -0.497 e. The van der Waals surface area contributed by atoms with E-state index in [2.05, 4.69) is 0 Å². The molecule has 0 unspecified atom stereocenters. The van der Waals surface area contributed by atoms with Crippen molar-refractivity contribution < 1.29 is 14.6 Å². The normalized spacial score (nSPS) is 19.8. The van der Waals surface area contributed by atoms with E-state index in [0.29, 0.717) is 18.1 Å². The number of nitrogens with zero attached hydrogens (tertiary/aromatic N) is 2. The standard InChI is InChI=1S/C20H23ClN2O3S/c1-22(2)10-11-23-16-9-6-14(21)12-17(16)27-19(18(24)20(23)25)13-4-7-15(26-3)8-5-13/h4-9,12,18-19,24H,10-11H2,1-3H3/t18-,19+/m1/s1. The minimum atomic E-state index is -1.16. The van der Waals surface area contributed by atoms with Gasteiger partial charge in [0.05, 0.1) is 18.0 Å². The van der Waals surface area contributed by atoms with Gasteiger partial charge in [-0.2, -0.15) is 0 Å². The number of benzene rings is 2. The number of thioether (sulfide) groups is 1. The molecule has 7 heteroatoms. The number of rotatable bonds is 5. The fourth-order valence-electron chi connectivity index (χ4n) is 2.99. The van der Waals surface area contributed by atoms with E-state index in [1.54, 1.807) is 18.1 Å². The summed E-state index contributed by atoms with van der Waals surface area (Å²) in [5.41, 5.74) is 1.65. The summed E-state index contributed by atoms with van der Waals surface area (Å²) < 4.78 is 5.21. The van der Waals surface area contributed by atoms with Crippen LogP contribution < -0.4 is 9.64 Å². The van der Waals surface area contributed by atoms with Crippen LogP contribution in [0.2, 0.25) is 5.02 Å². The highest BCUT2D eigenvalue weighted by Crippen LogP contribution is 2.46. The Hall–Kier alpha value is -1.73. The van der Waals surface area contributed by atoms with Crippen LogP contribution in [0.5, 0.6) is 5.75 Å². The number of anilines is 1. The van der Waals surface area contributed by atoms with Crippen molar-refractivity contribution in [3.05, 3.63) is 53.1 Å². The van der Waals surface area contributed by atoms with Crippen LogP contribution in [0.4, 0.5) is 5.69 Å². The second-order valence-electron chi connectivity index (χ2n) is 6.66. The fourth-order valence-corrected chi connectivity index (χ4v) is 4.53. The molecule has 0 aliphatic carbocycles. The first kappa shape index (κ1) is 20.0. The Kier molecular flexibility index (Phi) is 6.32. The second kappa shape index (κ2) is 8.52. The average Bonchev–Trinajstić information content (AvgIpc) is 2.75. The summed E-state index contributed by atoms with van der Waals surface area (Å²) >= 11 is 7.66. The molecule has 2 atom stereocenters. The lowest BCUT2D eigenvalue weighted by Crippen LogP contribution is -2.43. The first-order valence-corrected chi connectivity index (χ1v) is 9.91. The number of aliphatic hydroxyl groups is 1. The molecule has 1 aliphatic rings. The summed E-state index contributed by atoms with van der Waals surface area (Å²) in [7, 11) is 5.52. The molecule has 2 aromatic carbocycles. The number of likely N-dealkylation sites (N-methyl/N-ethyl adjacent to an activating group) is 1. The number of carbonyl (C=O) groups is 1. The highest BCUT2D eigenvalue weighted by molar-refractivity contribution is 7.99. The van der Waals surface area contributed by atoms with Gasteiger partial charge in [0.2, 0.25) is 0 Å². The van der Waals surface area contributed by atoms with Gasteiger partial charge >= 0.3 is 0 Å². The van der Waals surface area contributed by atoms with Crippen molar-refractivity contribution in [3.63, 3.8) is 0 Å². The van der Waals surface area contributed by atoms with Crippen molar-refractivity contribution in [3.8, 4) is 5.75 Å². The summed E-state index contributed by atoms with van der Waals surface area (Å²) in [6.07, 6.45) is -1.16. The maximum absolute atomic E-state index is 13.1. The number of aliphatic hydroxyl groups excluding tert-OH is 1. The Morgan fingerprint density at radius 1 is 1.22 bits per heavy atom. The number of amides is 1. The van der Waals surface area contributed by atoms with E-state index in [-0.39, 0.29) is 5.91 Å². The summed E-state index contributed by atoms with van der Waals surface area (Å²) in [5.74, 6) is 0.431. The molecule has 0 saturated heterocycles. The zero-order valence-electron chi connectivity index (χ0n) is 15.6. The molecular weight excluding hydrogens is 384 g/mol. The predicted octanol–water partition coefficient (Wildman–Crippen LogP) is 3.45. The van der Waals surface area contributed by atoms with Crippen LogP contribution >= 0.6 is 23.4 Å². The Bertz CT molecular complexity index is 813. The number of fused-ring (bicyclic) bond motifs is 1. The maximum Gasteiger partial charge on any atom is 0.257 e. The predicted molar refractivity (Wildman–Crippen MR) is 110 cm³/mol. The number of halogens is 1. The Morgan fingerprint density at radius 2 is 1.93 bits per heavy atom. The quantitative estimate of drug-likeness (QED) is 0.824. The van der Waals surface area contributed by atoms with Gasteiger partial charge in [0.1, 0.15) is 11.9 Å². The number of hydrogen-bond acceptors (Lipinski definition) is 5. The van der Waals surface area contributed by atoms with E-state index in [1.165, 1.54) is 11.8 Å². The minimum absolute atomic E-state index is 0.300. The average molecular weight is 407 g/mol. The van der Waals surface area contributed by atoms with Gasteiger partial charge in [0, 0.05) is 23.0 Å². The van der Waals surface area contributed by atoms with E-state index in [4.69, 9.17) is 16.3 Å². The molecule has 0 fully saturated rings. The SMILES string of the molecule is COc1ccc([C@@H]2Sc3cc(Cl)ccc3N(CCN(C)C)C(=O)[C@@H]2O)cc1. The van der Waals surface area contributed by atoms with E-state index in [9.17, 15) is 9.90 Å². The maximum atomic E-state index is 13.1. The van der Waals surface area contributed by atoms with Gasteiger partial charge in [-0.05, 0) is 50.0 Å². The molecule has 1 heterocycles. The molecular formula is C20H23ClN2O3S. The summed E-state index contributed by atoms with van der Waals surface area (Å²) in [4.78, 5) is 17.6. The number of carbonyl (C=O) groups excluding carboxylic acids is 1. The van der Waals surface area contributed by atoms with Crippen molar-refractivity contribution >= 4 is 35.0 Å². The van der Waals surface area contributed by atoms with Gasteiger partial charge in [-0.1, -0.05) is 23.7 Å². The Labute approximate surface area is 168 Å². The van der Waals surface area contributed by atoms with Crippen LogP contribution in [0.15, 0.2) is 47.4 Å². The zero-order valence-corrected chi connectivity index (χ0v) is 17.1. The molecule has 0 spiro atoms. The van der Waals surface area contributed by atoms with Crippen LogP contribution in [-0.4, -0.2) is 56.3 Å². The van der Waals surface area contributed by atoms with Crippen LogP contribution in [0.1, 0.15) is 10.8 Å². The third kappa shape index (κ3) is 4.41. The third-order valence-corrected chi connectivity index (χ3v) is 6.09. The van der Waals surface area contributed by atoms with Gasteiger partial charge in [0.25, 0.3) is 5.91 Å². The summed E-state index contributed by atoms with van der Waals surface area (Å²) in [6.45, 7) is 1.19. The number of methoxy groups -OCH3 is 1. The molecule has 5 nitrogen and oxygen atoms in total. The van der Waals surface area contributed by atoms with Crippen LogP contribution in [0, 0.1) is 0 Å². The van der Waals surface area contributed by atoms with Gasteiger partial charge in [-0.15, -0.1) is 11.8 Å². The Morgan fingerprint density at radius 3 is 2.56 bits per heavy atom. The molecule has 3 rings (SSSR count). The molecule has 1 N–H and O–H groups in total. The summed E-state index contributed by atoms with van der Waals surface area (Å²) in [6, 6.07) is 12.9. The lowest BCUT2D eigenvalue weighted by Gasteiger charge is -2.26. The van der Waals surface area contributed by atoms with Gasteiger partial charge in [-0.25, -0.2) is 0 Å². The molecule has 1 amide bonds. The topological polar surface area (TPSA) is 53.0 Å². The summed E-state index contributed by atoms with van der Waals surface area (Å²) in [5, 5.41) is 11.1. The van der Waals surface area contributed by atoms with Crippen molar-refractivity contribution in [2.45, 2.75) is 16.2 Å². The molecule has 144 valence electrons. The van der Waals surface area contributed by atoms with E-state index >= 15 is 0 Å². The van der Waals surface area contributed by atoms with Crippen molar-refractivity contribution in [2.75, 3.05) is 39.2 Å². The second-order valence-corrected chi connectivity index (χ2v) is 8.28. The molecule has 27 heavy (non-hydrogen) atoms. The van der Waals surface area contributed by atoms with E-state index < -0.39 is 11.4 Å². The lowest BCUT2D eigenvalue weighted by atomic mass is 10.1. The molecule has 1 aliphatic heterocycles. The highest BCUT2D eigenvalue weighted by Gasteiger charge is 2.37. The Balaban J connectivity index is 2.01. The molecule has 0 bridgehead atoms. The monoisotopic (exact) mass is 406 g/mol. The zero-order chi connectivity index (χ0) is 19.6.